The van der Waals surface area contributed by atoms with Crippen LogP contribution >= 0.6 is 0 Å². The minimum atomic E-state index is -0.349. The zero-order valence-corrected chi connectivity index (χ0v) is 10.9. The Bertz CT molecular complexity index is 450. The fourth-order valence-electron chi connectivity index (χ4n) is 2.04. The Balaban J connectivity index is 1.94. The van der Waals surface area contributed by atoms with Crippen molar-refractivity contribution >= 4 is 17.6 Å². The van der Waals surface area contributed by atoms with Gasteiger partial charge in [-0.05, 0) is 50.6 Å². The number of carbonyl (C=O) groups is 2. The van der Waals surface area contributed by atoms with Crippen LogP contribution in [0.5, 0.6) is 0 Å². The van der Waals surface area contributed by atoms with Crippen LogP contribution in [0.4, 0.5) is 5.69 Å². The van der Waals surface area contributed by atoms with Crippen LogP contribution in [0.3, 0.4) is 0 Å². The van der Waals surface area contributed by atoms with E-state index in [1.807, 2.05) is 0 Å². The Kier molecular flexibility index (Phi) is 4.52. The van der Waals surface area contributed by atoms with E-state index in [-0.39, 0.29) is 17.9 Å². The molecule has 5 heteroatoms. The van der Waals surface area contributed by atoms with Gasteiger partial charge in [-0.25, -0.2) is 4.79 Å². The lowest BCUT2D eigenvalue weighted by atomic mass is 10.2. The fraction of sp³-hybridized carbons (Fsp3) is 0.429. The quantitative estimate of drug-likeness (QED) is 0.808. The van der Waals surface area contributed by atoms with Gasteiger partial charge in [0.15, 0.2) is 0 Å². The molecule has 0 aliphatic carbocycles. The third-order valence-corrected chi connectivity index (χ3v) is 3.04. The smallest absolute Gasteiger partial charge is 0.338 e. The molecule has 1 aliphatic rings. The van der Waals surface area contributed by atoms with Gasteiger partial charge in [0.05, 0.1) is 18.2 Å². The number of carbonyl (C=O) groups excluding carboxylic acids is 2. The molecule has 1 aromatic rings. The van der Waals surface area contributed by atoms with Gasteiger partial charge in [-0.1, -0.05) is 0 Å². The van der Waals surface area contributed by atoms with Gasteiger partial charge in [-0.2, -0.15) is 0 Å². The van der Waals surface area contributed by atoms with Crippen LogP contribution in [0.1, 0.15) is 30.1 Å². The molecule has 1 aromatic carbocycles. The number of esters is 1. The summed E-state index contributed by atoms with van der Waals surface area (Å²) in [6.45, 7) is 3.01. The molecule has 1 saturated heterocycles. The third kappa shape index (κ3) is 3.54. The van der Waals surface area contributed by atoms with E-state index in [0.29, 0.717) is 17.9 Å². The molecule has 1 fully saturated rings. The minimum absolute atomic E-state index is 0.0265. The van der Waals surface area contributed by atoms with Crippen LogP contribution in [0, 0.1) is 0 Å². The molecule has 0 unspecified atom stereocenters. The van der Waals surface area contributed by atoms with Crippen molar-refractivity contribution in [2.75, 3.05) is 18.5 Å². The maximum atomic E-state index is 11.9. The highest BCUT2D eigenvalue weighted by Gasteiger charge is 2.21. The van der Waals surface area contributed by atoms with E-state index in [2.05, 4.69) is 10.6 Å². The first kappa shape index (κ1) is 13.5. The lowest BCUT2D eigenvalue weighted by Gasteiger charge is -2.11. The average molecular weight is 262 g/mol. The van der Waals surface area contributed by atoms with Crippen molar-refractivity contribution in [3.63, 3.8) is 0 Å². The SMILES string of the molecule is CCOC(=O)c1ccc(NC(=O)[C@@H]2CCCN2)cc1. The molecule has 19 heavy (non-hydrogen) atoms. The van der Waals surface area contributed by atoms with Gasteiger partial charge in [-0.3, -0.25) is 4.79 Å². The van der Waals surface area contributed by atoms with Crippen molar-refractivity contribution < 1.29 is 14.3 Å². The maximum absolute atomic E-state index is 11.9. The summed E-state index contributed by atoms with van der Waals surface area (Å²) in [7, 11) is 0. The second-order valence-electron chi connectivity index (χ2n) is 4.44. The van der Waals surface area contributed by atoms with Gasteiger partial charge in [0.1, 0.15) is 0 Å². The van der Waals surface area contributed by atoms with E-state index in [1.54, 1.807) is 31.2 Å². The predicted molar refractivity (Wildman–Crippen MR) is 72.1 cm³/mol. The van der Waals surface area contributed by atoms with Crippen LogP contribution in [-0.2, 0) is 9.53 Å². The number of ether oxygens (including phenoxy) is 1. The highest BCUT2D eigenvalue weighted by Crippen LogP contribution is 2.13. The van der Waals surface area contributed by atoms with E-state index in [1.165, 1.54) is 0 Å². The molecule has 1 atom stereocenters. The summed E-state index contributed by atoms with van der Waals surface area (Å²) < 4.78 is 4.89. The highest BCUT2D eigenvalue weighted by atomic mass is 16.5. The summed E-state index contributed by atoms with van der Waals surface area (Å²) in [4.78, 5) is 23.3. The number of anilines is 1. The Morgan fingerprint density at radius 1 is 1.37 bits per heavy atom. The molecule has 1 amide bonds. The standard InChI is InChI=1S/C14H18N2O3/c1-2-19-14(18)10-5-7-11(8-6-10)16-13(17)12-4-3-9-15-12/h5-8,12,15H,2-4,9H2,1H3,(H,16,17)/t12-/m0/s1. The Labute approximate surface area is 112 Å². The minimum Gasteiger partial charge on any atom is -0.462 e. The van der Waals surface area contributed by atoms with E-state index < -0.39 is 0 Å². The van der Waals surface area contributed by atoms with Crippen LogP contribution < -0.4 is 10.6 Å². The van der Waals surface area contributed by atoms with Crippen molar-refractivity contribution in [3.05, 3.63) is 29.8 Å². The van der Waals surface area contributed by atoms with Crippen molar-refractivity contribution in [3.8, 4) is 0 Å². The lowest BCUT2D eigenvalue weighted by Crippen LogP contribution is -2.35. The van der Waals surface area contributed by atoms with Crippen molar-refractivity contribution in [1.29, 1.82) is 0 Å². The number of nitrogens with one attached hydrogen (secondary N) is 2. The van der Waals surface area contributed by atoms with Gasteiger partial charge in [0.2, 0.25) is 5.91 Å². The summed E-state index contributed by atoms with van der Waals surface area (Å²) >= 11 is 0. The molecule has 0 spiro atoms. The second-order valence-corrected chi connectivity index (χ2v) is 4.44. The van der Waals surface area contributed by atoms with Crippen LogP contribution in [-0.4, -0.2) is 31.1 Å². The lowest BCUT2D eigenvalue weighted by molar-refractivity contribution is -0.117. The average Bonchev–Trinajstić information content (AvgIpc) is 2.94. The number of amides is 1. The number of hydrogen-bond acceptors (Lipinski definition) is 4. The molecule has 0 aromatic heterocycles. The summed E-state index contributed by atoms with van der Waals surface area (Å²) in [5.41, 5.74) is 1.17. The first-order chi connectivity index (χ1) is 9.20. The van der Waals surface area contributed by atoms with Gasteiger partial charge >= 0.3 is 5.97 Å². The van der Waals surface area contributed by atoms with Gasteiger partial charge in [0.25, 0.3) is 0 Å². The van der Waals surface area contributed by atoms with Crippen LogP contribution in [0.25, 0.3) is 0 Å². The second kappa shape index (κ2) is 6.33. The highest BCUT2D eigenvalue weighted by molar-refractivity contribution is 5.96. The Morgan fingerprint density at radius 3 is 2.68 bits per heavy atom. The zero-order chi connectivity index (χ0) is 13.7. The monoisotopic (exact) mass is 262 g/mol. The van der Waals surface area contributed by atoms with Crippen molar-refractivity contribution in [2.24, 2.45) is 0 Å². The fourth-order valence-corrected chi connectivity index (χ4v) is 2.04. The largest absolute Gasteiger partial charge is 0.462 e. The molecule has 0 saturated carbocycles. The molecule has 1 heterocycles. The molecule has 0 bridgehead atoms. The number of hydrogen-bond donors (Lipinski definition) is 2. The summed E-state index contributed by atoms with van der Waals surface area (Å²) in [5, 5.41) is 5.97. The normalized spacial score (nSPS) is 18.1. The Hall–Kier alpha value is -1.88. The van der Waals surface area contributed by atoms with E-state index in [9.17, 15) is 9.59 Å². The van der Waals surface area contributed by atoms with Crippen molar-refractivity contribution in [2.45, 2.75) is 25.8 Å². The zero-order valence-electron chi connectivity index (χ0n) is 10.9. The van der Waals surface area contributed by atoms with Gasteiger partial charge < -0.3 is 15.4 Å². The van der Waals surface area contributed by atoms with E-state index in [4.69, 9.17) is 4.74 Å². The molecule has 2 rings (SSSR count). The topological polar surface area (TPSA) is 67.4 Å². The van der Waals surface area contributed by atoms with E-state index in [0.717, 1.165) is 19.4 Å². The first-order valence-corrected chi connectivity index (χ1v) is 6.52. The van der Waals surface area contributed by atoms with Gasteiger partial charge in [0, 0.05) is 5.69 Å². The van der Waals surface area contributed by atoms with Crippen LogP contribution in [0.2, 0.25) is 0 Å². The van der Waals surface area contributed by atoms with Crippen LogP contribution in [0.15, 0.2) is 24.3 Å². The molecular formula is C14H18N2O3. The molecule has 2 N–H and O–H groups in total. The molecule has 5 nitrogen and oxygen atoms in total. The van der Waals surface area contributed by atoms with Gasteiger partial charge in [-0.15, -0.1) is 0 Å². The third-order valence-electron chi connectivity index (χ3n) is 3.04. The molecule has 1 aliphatic heterocycles. The number of rotatable bonds is 4. The predicted octanol–water partition coefficient (Wildman–Crippen LogP) is 1.55. The first-order valence-electron chi connectivity index (χ1n) is 6.52. The maximum Gasteiger partial charge on any atom is 0.338 e. The number of benzene rings is 1. The summed E-state index contributed by atoms with van der Waals surface area (Å²) in [6, 6.07) is 6.61. The molecular weight excluding hydrogens is 244 g/mol. The summed E-state index contributed by atoms with van der Waals surface area (Å²) in [5.74, 6) is -0.376. The Morgan fingerprint density at radius 2 is 2.11 bits per heavy atom. The molecule has 102 valence electrons. The molecule has 0 radical (unpaired) electrons. The van der Waals surface area contributed by atoms with Crippen molar-refractivity contribution in [1.82, 2.24) is 5.32 Å². The van der Waals surface area contributed by atoms with E-state index >= 15 is 0 Å². The summed E-state index contributed by atoms with van der Waals surface area (Å²) in [6.07, 6.45) is 1.90.